The molecule has 0 amide bonds. The lowest BCUT2D eigenvalue weighted by Crippen LogP contribution is -2.07. The van der Waals surface area contributed by atoms with Crippen LogP contribution in [0.5, 0.6) is 0 Å². The van der Waals surface area contributed by atoms with Crippen LogP contribution in [0.1, 0.15) is 11.1 Å². The highest BCUT2D eigenvalue weighted by Gasteiger charge is 2.02. The fourth-order valence-corrected chi connectivity index (χ4v) is 1.07. The van der Waals surface area contributed by atoms with Gasteiger partial charge in [0.2, 0.25) is 0 Å². The highest BCUT2D eigenvalue weighted by molar-refractivity contribution is 7.47. The summed E-state index contributed by atoms with van der Waals surface area (Å²) in [6.07, 6.45) is 0. The van der Waals surface area contributed by atoms with Crippen LogP contribution in [0.4, 0.5) is 4.39 Å². The lowest BCUT2D eigenvalue weighted by atomic mass is 10.1. The number of halogens is 1. The molecule has 1 aromatic carbocycles. The topological polar surface area (TPSA) is 24.4 Å². The maximum Gasteiger partial charge on any atom is 0.128 e. The Kier molecular flexibility index (Phi) is 3.10. The van der Waals surface area contributed by atoms with Gasteiger partial charge in [-0.3, -0.25) is 5.43 Å². The fraction of sp³-hybridized carbons (Fsp3) is 0.250. The van der Waals surface area contributed by atoms with Gasteiger partial charge in [0.25, 0.3) is 0 Å². The van der Waals surface area contributed by atoms with E-state index in [1.807, 2.05) is 13.0 Å². The molecular formula is C8H9FN2S. The Labute approximate surface area is 75.9 Å². The van der Waals surface area contributed by atoms with Crippen molar-refractivity contribution in [3.8, 4) is 0 Å². The molecule has 64 valence electrons. The summed E-state index contributed by atoms with van der Waals surface area (Å²) in [6, 6.07) is 4.95. The van der Waals surface area contributed by atoms with Crippen molar-refractivity contribution in [2.75, 3.05) is 0 Å². The van der Waals surface area contributed by atoms with Crippen LogP contribution in [-0.2, 0) is 19.0 Å². The SMILES string of the molecule is Cc1cccc(F)c1CNN=S. The molecule has 0 bridgehead atoms. The van der Waals surface area contributed by atoms with Crippen molar-refractivity contribution in [1.29, 1.82) is 0 Å². The average Bonchev–Trinajstić information content (AvgIpc) is 2.04. The Bertz CT molecular complexity index is 268. The molecule has 4 heteroatoms. The normalized spacial score (nSPS) is 9.50. The van der Waals surface area contributed by atoms with Gasteiger partial charge in [-0.2, -0.15) is 0 Å². The Morgan fingerprint density at radius 2 is 2.33 bits per heavy atom. The smallest absolute Gasteiger partial charge is 0.128 e. The molecule has 0 aliphatic heterocycles. The minimum atomic E-state index is -0.221. The van der Waals surface area contributed by atoms with Gasteiger partial charge in [0.1, 0.15) is 5.82 Å². The maximum atomic E-state index is 13.1. The summed E-state index contributed by atoms with van der Waals surface area (Å²) in [5.74, 6) is -0.221. The second-order valence-corrected chi connectivity index (χ2v) is 2.64. The van der Waals surface area contributed by atoms with E-state index in [1.54, 1.807) is 6.07 Å². The van der Waals surface area contributed by atoms with E-state index in [9.17, 15) is 4.39 Å². The van der Waals surface area contributed by atoms with E-state index in [0.29, 0.717) is 12.1 Å². The Morgan fingerprint density at radius 1 is 1.58 bits per heavy atom. The van der Waals surface area contributed by atoms with E-state index in [0.717, 1.165) is 5.56 Å². The van der Waals surface area contributed by atoms with Gasteiger partial charge in [0.15, 0.2) is 0 Å². The van der Waals surface area contributed by atoms with E-state index >= 15 is 0 Å². The highest BCUT2D eigenvalue weighted by atomic mass is 32.1. The zero-order valence-electron chi connectivity index (χ0n) is 6.67. The first-order valence-electron chi connectivity index (χ1n) is 3.55. The zero-order valence-corrected chi connectivity index (χ0v) is 7.49. The van der Waals surface area contributed by atoms with Gasteiger partial charge in [-0.25, -0.2) is 4.39 Å². The van der Waals surface area contributed by atoms with Crippen LogP contribution >= 0.6 is 0 Å². The summed E-state index contributed by atoms with van der Waals surface area (Å²) in [6.45, 7) is 2.20. The quantitative estimate of drug-likeness (QED) is 0.725. The molecule has 12 heavy (non-hydrogen) atoms. The van der Waals surface area contributed by atoms with Crippen molar-refractivity contribution in [3.05, 3.63) is 35.1 Å². The van der Waals surface area contributed by atoms with Gasteiger partial charge in [-0.15, -0.1) is 4.47 Å². The second kappa shape index (κ2) is 4.11. The summed E-state index contributed by atoms with van der Waals surface area (Å²) < 4.78 is 16.3. The molecule has 0 saturated heterocycles. The van der Waals surface area contributed by atoms with E-state index in [1.165, 1.54) is 6.07 Å². The number of aryl methyl sites for hydroxylation is 1. The summed E-state index contributed by atoms with van der Waals surface area (Å²) in [5.41, 5.74) is 4.07. The highest BCUT2D eigenvalue weighted by Crippen LogP contribution is 2.11. The lowest BCUT2D eigenvalue weighted by molar-refractivity contribution is 0.593. The van der Waals surface area contributed by atoms with Crippen LogP contribution in [0.25, 0.3) is 0 Å². The van der Waals surface area contributed by atoms with E-state index in [-0.39, 0.29) is 5.82 Å². The molecule has 0 saturated carbocycles. The lowest BCUT2D eigenvalue weighted by Gasteiger charge is -2.04. The first-order chi connectivity index (χ1) is 5.75. The molecule has 0 aliphatic carbocycles. The zero-order chi connectivity index (χ0) is 8.97. The molecule has 0 heterocycles. The first-order valence-corrected chi connectivity index (χ1v) is 3.91. The van der Waals surface area contributed by atoms with Crippen molar-refractivity contribution in [1.82, 2.24) is 5.43 Å². The van der Waals surface area contributed by atoms with E-state index in [4.69, 9.17) is 0 Å². The van der Waals surface area contributed by atoms with E-state index in [2.05, 4.69) is 22.3 Å². The van der Waals surface area contributed by atoms with Crippen LogP contribution in [0.2, 0.25) is 0 Å². The van der Waals surface area contributed by atoms with Crippen molar-refractivity contribution >= 4 is 12.4 Å². The second-order valence-electron chi connectivity index (χ2n) is 2.46. The third kappa shape index (κ3) is 1.98. The van der Waals surface area contributed by atoms with Gasteiger partial charge in [0.05, 0.1) is 19.0 Å². The van der Waals surface area contributed by atoms with Gasteiger partial charge in [-0.1, -0.05) is 12.1 Å². The van der Waals surface area contributed by atoms with E-state index < -0.39 is 0 Å². The van der Waals surface area contributed by atoms with Crippen molar-refractivity contribution in [3.63, 3.8) is 0 Å². The van der Waals surface area contributed by atoms with Crippen molar-refractivity contribution < 1.29 is 4.39 Å². The minimum absolute atomic E-state index is 0.221. The van der Waals surface area contributed by atoms with Gasteiger partial charge >= 0.3 is 0 Å². The predicted octanol–water partition coefficient (Wildman–Crippen LogP) is 1.87. The number of nitrogens with zero attached hydrogens (tertiary/aromatic N) is 1. The summed E-state index contributed by atoms with van der Waals surface area (Å²) >= 11 is 4.33. The standard InChI is InChI=1S/C8H9FN2S/c1-6-3-2-4-8(9)7(6)5-10-11-12/h2-4H,5H2,1H3,(H,10,12). The van der Waals surface area contributed by atoms with Gasteiger partial charge in [0, 0.05) is 5.56 Å². The van der Waals surface area contributed by atoms with Gasteiger partial charge in [-0.05, 0) is 18.6 Å². The molecule has 0 atom stereocenters. The Morgan fingerprint density at radius 3 is 2.92 bits per heavy atom. The maximum absolute atomic E-state index is 13.1. The fourth-order valence-electron chi connectivity index (χ4n) is 1.00. The van der Waals surface area contributed by atoms with Crippen LogP contribution in [0.15, 0.2) is 22.7 Å². The monoisotopic (exact) mass is 184 g/mol. The third-order valence-electron chi connectivity index (χ3n) is 1.67. The molecule has 0 unspecified atom stereocenters. The number of benzene rings is 1. The molecule has 0 spiro atoms. The number of hydrogen-bond donors (Lipinski definition) is 1. The molecule has 2 nitrogen and oxygen atoms in total. The first kappa shape index (κ1) is 9.06. The predicted molar refractivity (Wildman–Crippen MR) is 47.8 cm³/mol. The minimum Gasteiger partial charge on any atom is -0.294 e. The molecule has 0 fully saturated rings. The molecule has 1 N–H and O–H groups in total. The van der Waals surface area contributed by atoms with Crippen LogP contribution in [0.3, 0.4) is 0 Å². The molecular weight excluding hydrogens is 175 g/mol. The van der Waals surface area contributed by atoms with Crippen LogP contribution in [-0.4, -0.2) is 0 Å². The largest absolute Gasteiger partial charge is 0.294 e. The summed E-state index contributed by atoms with van der Waals surface area (Å²) in [7, 11) is 0. The molecule has 1 aromatic rings. The molecule has 0 radical (unpaired) electrons. The number of nitrogens with one attached hydrogen (secondary N) is 1. The molecule has 0 aromatic heterocycles. The van der Waals surface area contributed by atoms with Crippen molar-refractivity contribution in [2.45, 2.75) is 13.5 Å². The summed E-state index contributed by atoms with van der Waals surface area (Å²) in [4.78, 5) is 0. The number of hydrogen-bond acceptors (Lipinski definition) is 2. The Balaban J connectivity index is 2.88. The third-order valence-corrected chi connectivity index (χ3v) is 1.80. The van der Waals surface area contributed by atoms with Gasteiger partial charge < -0.3 is 0 Å². The number of rotatable bonds is 3. The Hall–Kier alpha value is -1.03. The summed E-state index contributed by atoms with van der Waals surface area (Å²) in [5, 5.41) is 0. The van der Waals surface area contributed by atoms with Crippen LogP contribution in [0, 0.1) is 12.7 Å². The molecule has 0 aliphatic rings. The molecule has 1 rings (SSSR count). The van der Waals surface area contributed by atoms with Crippen LogP contribution < -0.4 is 5.43 Å². The van der Waals surface area contributed by atoms with Crippen molar-refractivity contribution in [2.24, 2.45) is 4.47 Å². The average molecular weight is 184 g/mol.